The van der Waals surface area contributed by atoms with E-state index in [9.17, 15) is 4.79 Å². The predicted octanol–water partition coefficient (Wildman–Crippen LogP) is 6.94. The highest BCUT2D eigenvalue weighted by Crippen LogP contribution is 2.10. The molecule has 0 unspecified atom stereocenters. The molecule has 0 aliphatic rings. The SMILES string of the molecule is CCCCCCCCC=CCCCCCCCCOC(=O)[C@@H](N)CC(C)C. The van der Waals surface area contributed by atoms with Gasteiger partial charge in [0.05, 0.1) is 6.61 Å². The molecule has 3 nitrogen and oxygen atoms in total. The van der Waals surface area contributed by atoms with Crippen LogP contribution in [-0.4, -0.2) is 18.6 Å². The molecule has 160 valence electrons. The van der Waals surface area contributed by atoms with E-state index in [1.54, 1.807) is 0 Å². The molecule has 27 heavy (non-hydrogen) atoms. The van der Waals surface area contributed by atoms with Gasteiger partial charge in [0.15, 0.2) is 0 Å². The lowest BCUT2D eigenvalue weighted by molar-refractivity contribution is -0.145. The molecule has 0 aromatic carbocycles. The molecular weight excluding hydrogens is 334 g/mol. The first-order valence-electron chi connectivity index (χ1n) is 11.6. The van der Waals surface area contributed by atoms with Crippen LogP contribution in [0.4, 0.5) is 0 Å². The first-order valence-corrected chi connectivity index (χ1v) is 11.6. The van der Waals surface area contributed by atoms with Gasteiger partial charge in [-0.2, -0.15) is 0 Å². The Morgan fingerprint density at radius 2 is 1.30 bits per heavy atom. The minimum Gasteiger partial charge on any atom is -0.465 e. The van der Waals surface area contributed by atoms with Crippen LogP contribution in [0.2, 0.25) is 0 Å². The van der Waals surface area contributed by atoms with Crippen LogP contribution >= 0.6 is 0 Å². The highest BCUT2D eigenvalue weighted by atomic mass is 16.5. The molecule has 0 heterocycles. The number of hydrogen-bond acceptors (Lipinski definition) is 3. The summed E-state index contributed by atoms with van der Waals surface area (Å²) in [5.41, 5.74) is 5.81. The number of allylic oxidation sites excluding steroid dienone is 2. The minimum absolute atomic E-state index is 0.239. The largest absolute Gasteiger partial charge is 0.465 e. The Kier molecular flexibility index (Phi) is 19.3. The molecular formula is C24H47NO2. The smallest absolute Gasteiger partial charge is 0.322 e. The number of carbonyl (C=O) groups is 1. The van der Waals surface area contributed by atoms with E-state index in [4.69, 9.17) is 10.5 Å². The number of rotatable bonds is 19. The van der Waals surface area contributed by atoms with E-state index >= 15 is 0 Å². The summed E-state index contributed by atoms with van der Waals surface area (Å²) >= 11 is 0. The second kappa shape index (κ2) is 19.9. The van der Waals surface area contributed by atoms with Crippen molar-refractivity contribution < 1.29 is 9.53 Å². The third kappa shape index (κ3) is 19.7. The van der Waals surface area contributed by atoms with Crippen molar-refractivity contribution in [1.29, 1.82) is 0 Å². The van der Waals surface area contributed by atoms with Crippen molar-refractivity contribution in [1.82, 2.24) is 0 Å². The molecule has 2 N–H and O–H groups in total. The summed E-state index contributed by atoms with van der Waals surface area (Å²) in [6.07, 6.45) is 23.4. The lowest BCUT2D eigenvalue weighted by Gasteiger charge is -2.13. The first kappa shape index (κ1) is 26.2. The molecule has 0 saturated carbocycles. The van der Waals surface area contributed by atoms with Gasteiger partial charge in [0.25, 0.3) is 0 Å². The van der Waals surface area contributed by atoms with Gasteiger partial charge in [-0.25, -0.2) is 0 Å². The van der Waals surface area contributed by atoms with Crippen LogP contribution in [-0.2, 0) is 9.53 Å². The van der Waals surface area contributed by atoms with Crippen molar-refractivity contribution in [3.63, 3.8) is 0 Å². The van der Waals surface area contributed by atoms with E-state index in [1.165, 1.54) is 77.0 Å². The standard InChI is InChI=1S/C24H47NO2/c1-4-5-6-7-8-9-10-11-12-13-14-15-16-17-18-19-20-27-24(26)23(25)21-22(2)3/h11-12,22-23H,4-10,13-21,25H2,1-3H3/t23-/m0/s1. The number of nitrogens with two attached hydrogens (primary N) is 1. The molecule has 0 radical (unpaired) electrons. The lowest BCUT2D eigenvalue weighted by Crippen LogP contribution is -2.33. The van der Waals surface area contributed by atoms with Gasteiger partial charge in [-0.05, 0) is 44.4 Å². The van der Waals surface area contributed by atoms with Gasteiger partial charge in [0.2, 0.25) is 0 Å². The molecule has 0 aromatic heterocycles. The highest BCUT2D eigenvalue weighted by Gasteiger charge is 2.15. The summed E-state index contributed by atoms with van der Waals surface area (Å²) in [6.45, 7) is 6.92. The maximum Gasteiger partial charge on any atom is 0.322 e. The summed E-state index contributed by atoms with van der Waals surface area (Å²) in [5.74, 6) is 0.189. The van der Waals surface area contributed by atoms with Crippen LogP contribution in [0.5, 0.6) is 0 Å². The Balaban J connectivity index is 3.27. The predicted molar refractivity (Wildman–Crippen MR) is 118 cm³/mol. The highest BCUT2D eigenvalue weighted by molar-refractivity contribution is 5.75. The summed E-state index contributed by atoms with van der Waals surface area (Å²) in [4.78, 5) is 11.7. The summed E-state index contributed by atoms with van der Waals surface area (Å²) in [5, 5.41) is 0. The summed E-state index contributed by atoms with van der Waals surface area (Å²) in [6, 6.07) is -0.459. The second-order valence-electron chi connectivity index (χ2n) is 8.34. The maximum absolute atomic E-state index is 11.7. The maximum atomic E-state index is 11.7. The van der Waals surface area contributed by atoms with Gasteiger partial charge in [-0.1, -0.05) is 90.7 Å². The van der Waals surface area contributed by atoms with Crippen molar-refractivity contribution in [2.45, 2.75) is 123 Å². The van der Waals surface area contributed by atoms with E-state index in [2.05, 4.69) is 32.9 Å². The van der Waals surface area contributed by atoms with E-state index in [1.807, 2.05) is 0 Å². The van der Waals surface area contributed by atoms with Gasteiger partial charge in [0.1, 0.15) is 6.04 Å². The van der Waals surface area contributed by atoms with Gasteiger partial charge in [-0.15, -0.1) is 0 Å². The Bertz CT molecular complexity index is 352. The fourth-order valence-corrected chi connectivity index (χ4v) is 3.23. The minimum atomic E-state index is -0.459. The molecule has 0 bridgehead atoms. The van der Waals surface area contributed by atoms with Crippen LogP contribution in [0.15, 0.2) is 12.2 Å². The zero-order chi connectivity index (χ0) is 20.2. The monoisotopic (exact) mass is 381 g/mol. The van der Waals surface area contributed by atoms with Crippen LogP contribution in [0, 0.1) is 5.92 Å². The first-order chi connectivity index (χ1) is 13.1. The number of unbranched alkanes of at least 4 members (excludes halogenated alkanes) is 12. The molecule has 3 heteroatoms. The lowest BCUT2D eigenvalue weighted by atomic mass is 10.1. The van der Waals surface area contributed by atoms with E-state index in [-0.39, 0.29) is 5.97 Å². The van der Waals surface area contributed by atoms with Crippen molar-refractivity contribution in [3.05, 3.63) is 12.2 Å². The van der Waals surface area contributed by atoms with Gasteiger partial charge < -0.3 is 10.5 Å². The van der Waals surface area contributed by atoms with Crippen molar-refractivity contribution >= 4 is 5.97 Å². The second-order valence-corrected chi connectivity index (χ2v) is 8.34. The molecule has 0 aliphatic heterocycles. The normalized spacial score (nSPS) is 12.8. The van der Waals surface area contributed by atoms with Crippen molar-refractivity contribution in [2.24, 2.45) is 11.7 Å². The van der Waals surface area contributed by atoms with E-state index in [0.29, 0.717) is 18.9 Å². The van der Waals surface area contributed by atoms with Crippen LogP contribution < -0.4 is 5.73 Å². The van der Waals surface area contributed by atoms with E-state index in [0.717, 1.165) is 12.8 Å². The number of hydrogen-bond donors (Lipinski definition) is 1. The summed E-state index contributed by atoms with van der Waals surface area (Å²) in [7, 11) is 0. The molecule has 1 atom stereocenters. The third-order valence-corrected chi connectivity index (χ3v) is 4.93. The number of esters is 1. The molecule has 0 amide bonds. The zero-order valence-electron chi connectivity index (χ0n) is 18.5. The molecule has 0 fully saturated rings. The topological polar surface area (TPSA) is 52.3 Å². The van der Waals surface area contributed by atoms with Crippen LogP contribution in [0.3, 0.4) is 0 Å². The zero-order valence-corrected chi connectivity index (χ0v) is 18.5. The molecule has 0 spiro atoms. The average Bonchev–Trinajstić information content (AvgIpc) is 2.63. The van der Waals surface area contributed by atoms with Crippen molar-refractivity contribution in [3.8, 4) is 0 Å². The fourth-order valence-electron chi connectivity index (χ4n) is 3.23. The summed E-state index contributed by atoms with van der Waals surface area (Å²) < 4.78 is 5.25. The quantitative estimate of drug-likeness (QED) is 0.150. The molecule has 0 saturated heterocycles. The van der Waals surface area contributed by atoms with Gasteiger partial charge in [0, 0.05) is 0 Å². The van der Waals surface area contributed by atoms with Crippen LogP contribution in [0.1, 0.15) is 117 Å². The molecule has 0 aromatic rings. The Labute approximate surface area is 169 Å². The number of ether oxygens (including phenoxy) is 1. The van der Waals surface area contributed by atoms with Crippen molar-refractivity contribution in [2.75, 3.05) is 6.61 Å². The fraction of sp³-hybridized carbons (Fsp3) is 0.875. The third-order valence-electron chi connectivity index (χ3n) is 4.93. The molecule has 0 aliphatic carbocycles. The Morgan fingerprint density at radius 3 is 1.81 bits per heavy atom. The van der Waals surface area contributed by atoms with E-state index < -0.39 is 6.04 Å². The van der Waals surface area contributed by atoms with Gasteiger partial charge in [-0.3, -0.25) is 4.79 Å². The Morgan fingerprint density at radius 1 is 0.815 bits per heavy atom. The van der Waals surface area contributed by atoms with Gasteiger partial charge >= 0.3 is 5.97 Å². The molecule has 0 rings (SSSR count). The number of carbonyl (C=O) groups excluding carboxylic acids is 1. The van der Waals surface area contributed by atoms with Crippen LogP contribution in [0.25, 0.3) is 0 Å². The average molecular weight is 382 g/mol. The Hall–Kier alpha value is -0.830.